The number of benzene rings is 2. The molecule has 1 unspecified atom stereocenters. The van der Waals surface area contributed by atoms with Crippen molar-refractivity contribution in [2.45, 2.75) is 44.8 Å². The minimum atomic E-state index is 0.00111. The summed E-state index contributed by atoms with van der Waals surface area (Å²) in [5, 5.41) is 23.6. The number of phenolic OH excluding ortho intramolecular Hbond substituents is 1. The average molecular weight is 544 g/mol. The van der Waals surface area contributed by atoms with E-state index >= 15 is 0 Å². The minimum Gasteiger partial charge on any atom is -0.504 e. The molecule has 9 heteroatoms. The molecule has 0 amide bonds. The number of hydrogen-bond acceptors (Lipinski definition) is 9. The van der Waals surface area contributed by atoms with Crippen LogP contribution in [0.25, 0.3) is 0 Å². The van der Waals surface area contributed by atoms with Crippen LogP contribution in [0.1, 0.15) is 43.2 Å². The number of phenols is 1. The number of rotatable bonds is 17. The van der Waals surface area contributed by atoms with Crippen LogP contribution in [0.5, 0.6) is 17.2 Å². The Bertz CT molecular complexity index is 975. The molecule has 39 heavy (non-hydrogen) atoms. The molecule has 0 aromatic heterocycles. The summed E-state index contributed by atoms with van der Waals surface area (Å²) in [4.78, 5) is 10.8. The molecule has 2 N–H and O–H groups in total. The van der Waals surface area contributed by atoms with E-state index in [1.54, 1.807) is 19.4 Å². The zero-order valence-electron chi connectivity index (χ0n) is 23.5. The second kappa shape index (κ2) is 17.7. The van der Waals surface area contributed by atoms with Gasteiger partial charge < -0.3 is 39.1 Å². The van der Waals surface area contributed by atoms with E-state index in [0.29, 0.717) is 31.1 Å². The summed E-state index contributed by atoms with van der Waals surface area (Å²) < 4.78 is 16.3. The zero-order valence-corrected chi connectivity index (χ0v) is 23.5. The summed E-state index contributed by atoms with van der Waals surface area (Å²) >= 11 is 0. The third-order valence-corrected chi connectivity index (χ3v) is 6.89. The Balaban J connectivity index is 1.34. The Morgan fingerprint density at radius 1 is 0.949 bits per heavy atom. The summed E-state index contributed by atoms with van der Waals surface area (Å²) in [7, 11) is 3.05. The molecule has 9 nitrogen and oxygen atoms in total. The van der Waals surface area contributed by atoms with Crippen molar-refractivity contribution in [2.75, 3.05) is 66.7 Å². The van der Waals surface area contributed by atoms with E-state index < -0.39 is 0 Å². The molecule has 2 aromatic carbocycles. The predicted molar refractivity (Wildman–Crippen MR) is 153 cm³/mol. The molecule has 0 aliphatic carbocycles. The lowest BCUT2D eigenvalue weighted by Gasteiger charge is -2.23. The average Bonchev–Trinajstić information content (AvgIpc) is 3.19. The lowest BCUT2D eigenvalue weighted by atomic mass is 10.1. The van der Waals surface area contributed by atoms with Gasteiger partial charge in [-0.1, -0.05) is 35.5 Å². The summed E-state index contributed by atoms with van der Waals surface area (Å²) in [5.74, 6) is 0.883. The molecule has 1 heterocycles. The number of methoxy groups -OCH3 is 2. The van der Waals surface area contributed by atoms with E-state index in [0.717, 1.165) is 76.1 Å². The van der Waals surface area contributed by atoms with Gasteiger partial charge in [0.05, 0.1) is 27.0 Å². The maximum absolute atomic E-state index is 10.1. The number of hydrogen-bond donors (Lipinski definition) is 2. The van der Waals surface area contributed by atoms with Crippen molar-refractivity contribution >= 4 is 6.21 Å². The predicted octanol–water partition coefficient (Wildman–Crippen LogP) is 3.91. The van der Waals surface area contributed by atoms with Crippen LogP contribution < -0.4 is 9.47 Å². The van der Waals surface area contributed by atoms with Gasteiger partial charge >= 0.3 is 0 Å². The highest BCUT2D eigenvalue weighted by molar-refractivity contribution is 5.78. The van der Waals surface area contributed by atoms with Crippen molar-refractivity contribution in [2.24, 2.45) is 5.16 Å². The van der Waals surface area contributed by atoms with Crippen LogP contribution in [0.4, 0.5) is 0 Å². The summed E-state index contributed by atoms with van der Waals surface area (Å²) in [6.07, 6.45) is 6.25. The quantitative estimate of drug-likeness (QED) is 0.176. The molecular weight excluding hydrogens is 498 g/mol. The first-order valence-corrected chi connectivity index (χ1v) is 13.9. The van der Waals surface area contributed by atoms with Crippen molar-refractivity contribution in [3.63, 3.8) is 0 Å². The monoisotopic (exact) mass is 543 g/mol. The van der Waals surface area contributed by atoms with Gasteiger partial charge in [0.15, 0.2) is 11.5 Å². The van der Waals surface area contributed by atoms with Crippen LogP contribution in [0.3, 0.4) is 0 Å². The number of nitrogens with zero attached hydrogens (tertiary/aromatic N) is 3. The molecular formula is C30H45N3O6. The molecule has 1 aliphatic rings. The van der Waals surface area contributed by atoms with Gasteiger partial charge in [0.2, 0.25) is 5.75 Å². The van der Waals surface area contributed by atoms with E-state index in [1.165, 1.54) is 7.11 Å². The Morgan fingerprint density at radius 3 is 2.44 bits per heavy atom. The van der Waals surface area contributed by atoms with E-state index in [2.05, 4.69) is 15.0 Å². The van der Waals surface area contributed by atoms with Gasteiger partial charge in [-0.05, 0) is 68.5 Å². The van der Waals surface area contributed by atoms with Crippen LogP contribution in [-0.2, 0) is 16.2 Å². The standard InChI is InChI=1S/C30H45N3O6/c1-36-29-22-26(21-28(35)30(29)37-2)24-38-20-8-15-32-13-7-14-33(18-17-32)16-12-27(11-6-19-34)39-31-23-25-9-4-3-5-10-25/h3-5,9-10,21-23,27,34-35H,6-8,11-20,24H2,1-2H3/b31-23+. The molecule has 0 saturated carbocycles. The zero-order chi connectivity index (χ0) is 27.7. The third-order valence-electron chi connectivity index (χ3n) is 6.89. The van der Waals surface area contributed by atoms with E-state index in [4.69, 9.17) is 19.0 Å². The molecule has 0 spiro atoms. The van der Waals surface area contributed by atoms with Crippen molar-refractivity contribution in [1.29, 1.82) is 0 Å². The molecule has 1 saturated heterocycles. The maximum Gasteiger partial charge on any atom is 0.203 e. The molecule has 0 radical (unpaired) electrons. The van der Waals surface area contributed by atoms with E-state index in [9.17, 15) is 10.2 Å². The SMILES string of the molecule is COc1cc(COCCCN2CCCN(CCC(CCCO)O/N=C/c3ccccc3)CC2)cc(O)c1OC. The fourth-order valence-electron chi connectivity index (χ4n) is 4.75. The van der Waals surface area contributed by atoms with Crippen molar-refractivity contribution in [1.82, 2.24) is 9.80 Å². The second-order valence-corrected chi connectivity index (χ2v) is 9.82. The van der Waals surface area contributed by atoms with Gasteiger partial charge in [0.25, 0.3) is 0 Å². The Labute approximate surface area is 232 Å². The van der Waals surface area contributed by atoms with Gasteiger partial charge in [-0.3, -0.25) is 0 Å². The molecule has 1 fully saturated rings. The molecule has 2 aromatic rings. The van der Waals surface area contributed by atoms with Gasteiger partial charge in [0.1, 0.15) is 6.10 Å². The largest absolute Gasteiger partial charge is 0.504 e. The fourth-order valence-corrected chi connectivity index (χ4v) is 4.75. The Morgan fingerprint density at radius 2 is 1.72 bits per heavy atom. The lowest BCUT2D eigenvalue weighted by molar-refractivity contribution is 0.0357. The van der Waals surface area contributed by atoms with Crippen molar-refractivity contribution < 1.29 is 29.3 Å². The van der Waals surface area contributed by atoms with E-state index in [1.807, 2.05) is 36.4 Å². The molecule has 0 bridgehead atoms. The van der Waals surface area contributed by atoms with Crippen LogP contribution in [0.15, 0.2) is 47.6 Å². The first-order valence-electron chi connectivity index (χ1n) is 13.9. The van der Waals surface area contributed by atoms with E-state index in [-0.39, 0.29) is 18.5 Å². The highest BCUT2D eigenvalue weighted by Crippen LogP contribution is 2.37. The van der Waals surface area contributed by atoms with Crippen molar-refractivity contribution in [3.05, 3.63) is 53.6 Å². The van der Waals surface area contributed by atoms with Crippen LogP contribution in [-0.4, -0.2) is 99.0 Å². The topological polar surface area (TPSA) is 96.2 Å². The van der Waals surface area contributed by atoms with Crippen molar-refractivity contribution in [3.8, 4) is 17.2 Å². The van der Waals surface area contributed by atoms with Gasteiger partial charge in [-0.25, -0.2) is 0 Å². The normalized spacial score (nSPS) is 15.8. The lowest BCUT2D eigenvalue weighted by Crippen LogP contribution is -2.33. The second-order valence-electron chi connectivity index (χ2n) is 9.82. The Hall–Kier alpha value is -2.85. The highest BCUT2D eigenvalue weighted by atomic mass is 16.6. The molecule has 3 rings (SSSR count). The van der Waals surface area contributed by atoms with Gasteiger partial charge in [-0.15, -0.1) is 0 Å². The third kappa shape index (κ3) is 11.0. The summed E-state index contributed by atoms with van der Waals surface area (Å²) in [5.41, 5.74) is 1.86. The first-order chi connectivity index (χ1) is 19.1. The van der Waals surface area contributed by atoms with Crippen LogP contribution in [0.2, 0.25) is 0 Å². The van der Waals surface area contributed by atoms with Crippen LogP contribution in [0, 0.1) is 0 Å². The summed E-state index contributed by atoms with van der Waals surface area (Å²) in [6, 6.07) is 13.4. The number of ether oxygens (including phenoxy) is 3. The van der Waals surface area contributed by atoms with Crippen LogP contribution >= 0.6 is 0 Å². The number of oxime groups is 1. The number of aliphatic hydroxyl groups excluding tert-OH is 1. The fraction of sp³-hybridized carbons (Fsp3) is 0.567. The molecule has 1 atom stereocenters. The summed E-state index contributed by atoms with van der Waals surface area (Å²) in [6.45, 7) is 7.44. The molecule has 216 valence electrons. The minimum absolute atomic E-state index is 0.00111. The van der Waals surface area contributed by atoms with Gasteiger partial charge in [-0.2, -0.15) is 0 Å². The molecule has 1 aliphatic heterocycles. The first kappa shape index (κ1) is 30.7. The smallest absolute Gasteiger partial charge is 0.203 e. The number of aromatic hydroxyl groups is 1. The van der Waals surface area contributed by atoms with Gasteiger partial charge in [0, 0.05) is 39.4 Å². The highest BCUT2D eigenvalue weighted by Gasteiger charge is 2.17. The maximum atomic E-state index is 10.1. The number of aliphatic hydroxyl groups is 1. The Kier molecular flexibility index (Phi) is 13.9.